The van der Waals surface area contributed by atoms with Gasteiger partial charge in [-0.05, 0) is 169 Å². The molecule has 0 aliphatic heterocycles. The molecule has 5 aliphatic carbocycles. The van der Waals surface area contributed by atoms with Gasteiger partial charge in [0.2, 0.25) is 0 Å². The van der Waals surface area contributed by atoms with E-state index in [4.69, 9.17) is 19.3 Å². The lowest BCUT2D eigenvalue weighted by atomic mass is 9.48. The lowest BCUT2D eigenvalue weighted by Gasteiger charge is -2.59. The first-order valence-electron chi connectivity index (χ1n) is 24.3. The molecule has 350 valence electrons. The van der Waals surface area contributed by atoms with Crippen LogP contribution in [0.5, 0.6) is 11.5 Å². The van der Waals surface area contributed by atoms with Crippen LogP contribution in [0.4, 0.5) is 0 Å². The summed E-state index contributed by atoms with van der Waals surface area (Å²) in [6.45, 7) is 12.3. The summed E-state index contributed by atoms with van der Waals surface area (Å²) in [6, 6.07) is 13.8. The Balaban J connectivity index is 1.13. The minimum atomic E-state index is -1.11. The van der Waals surface area contributed by atoms with Gasteiger partial charge < -0.3 is 34.2 Å². The number of aromatic nitrogens is 2. The molecule has 8 rings (SSSR count). The van der Waals surface area contributed by atoms with E-state index in [0.29, 0.717) is 53.3 Å². The molecule has 1 aromatic heterocycles. The number of rotatable bonds is 20. The molecule has 64 heavy (non-hydrogen) atoms. The van der Waals surface area contributed by atoms with E-state index in [1.807, 2.05) is 62.2 Å². The maximum atomic E-state index is 14.8. The van der Waals surface area contributed by atoms with Crippen molar-refractivity contribution >= 4 is 17.8 Å². The standard InChI is InChI=1S/C52H76N6O6/c1-34(2)33-64-51(61)52(39-27-36-26-37(29-39)30-40(52)28-36)53-49(59)43-32-45(48-46(62-8)18-13-19-47(48)63-9)58(54-43)44-21-20-38(31-42(44)35(3)4)50(60)57(7)25-15-23-55(5)22-14-24-56(6)41-16-11-10-12-17-41/h13,18-21,31-32,34-37,39-41H,10-12,14-17,22-30,33H2,1-9H3,(H,53,59). The summed E-state index contributed by atoms with van der Waals surface area (Å²) < 4.78 is 19.6. The summed E-state index contributed by atoms with van der Waals surface area (Å²) in [6.07, 6.45) is 13.6. The van der Waals surface area contributed by atoms with E-state index in [1.165, 1.54) is 38.5 Å². The number of carbonyl (C=O) groups excluding carboxylic acids is 3. The number of methoxy groups -OCH3 is 2. The van der Waals surface area contributed by atoms with Crippen LogP contribution in [-0.4, -0.2) is 122 Å². The highest BCUT2D eigenvalue weighted by atomic mass is 16.5. The molecular weight excluding hydrogens is 805 g/mol. The Morgan fingerprint density at radius 2 is 1.44 bits per heavy atom. The van der Waals surface area contributed by atoms with Gasteiger partial charge in [-0.25, -0.2) is 9.48 Å². The second kappa shape index (κ2) is 20.8. The lowest BCUT2D eigenvalue weighted by Crippen LogP contribution is -2.70. The lowest BCUT2D eigenvalue weighted by molar-refractivity contribution is -0.171. The highest BCUT2D eigenvalue weighted by Crippen LogP contribution is 2.59. The van der Waals surface area contributed by atoms with Gasteiger partial charge >= 0.3 is 5.97 Å². The molecule has 0 unspecified atom stereocenters. The van der Waals surface area contributed by atoms with Crippen LogP contribution in [0.3, 0.4) is 0 Å². The van der Waals surface area contributed by atoms with Crippen molar-refractivity contribution in [2.24, 2.45) is 29.6 Å². The first-order valence-corrected chi connectivity index (χ1v) is 24.3. The van der Waals surface area contributed by atoms with Crippen molar-refractivity contribution in [2.45, 2.75) is 122 Å². The van der Waals surface area contributed by atoms with Crippen molar-refractivity contribution in [3.05, 3.63) is 59.3 Å². The van der Waals surface area contributed by atoms with Crippen LogP contribution in [0.1, 0.15) is 137 Å². The zero-order chi connectivity index (χ0) is 45.7. The average Bonchev–Trinajstić information content (AvgIpc) is 3.73. The van der Waals surface area contributed by atoms with Crippen LogP contribution < -0.4 is 14.8 Å². The van der Waals surface area contributed by atoms with Crippen LogP contribution in [0, 0.1) is 29.6 Å². The summed E-state index contributed by atoms with van der Waals surface area (Å²) >= 11 is 0. The van der Waals surface area contributed by atoms with Crippen LogP contribution in [0.15, 0.2) is 42.5 Å². The normalized spacial score (nSPS) is 23.0. The van der Waals surface area contributed by atoms with Crippen molar-refractivity contribution in [2.75, 3.05) is 68.1 Å². The molecule has 2 aromatic carbocycles. The van der Waals surface area contributed by atoms with Gasteiger partial charge in [0.1, 0.15) is 17.0 Å². The SMILES string of the molecule is COc1cccc(OC)c1-c1cc(C(=O)NC2(C(=O)OCC(C)C)C3CC4CC(C3)CC2C4)nn1-c1ccc(C(=O)N(C)CCCN(C)CCCN(C)C2CCCCC2)cc1C(C)C. The second-order valence-electron chi connectivity index (χ2n) is 20.4. The quantitative estimate of drug-likeness (QED) is 0.111. The molecule has 4 bridgehead atoms. The second-order valence-corrected chi connectivity index (χ2v) is 20.4. The number of nitrogens with zero attached hydrogens (tertiary/aromatic N) is 5. The van der Waals surface area contributed by atoms with Crippen molar-refractivity contribution in [3.63, 3.8) is 0 Å². The van der Waals surface area contributed by atoms with Gasteiger partial charge in [-0.2, -0.15) is 5.10 Å². The third kappa shape index (κ3) is 10.2. The number of ether oxygens (including phenoxy) is 3. The smallest absolute Gasteiger partial charge is 0.332 e. The number of esters is 1. The molecule has 12 heteroatoms. The molecule has 5 aliphatic rings. The zero-order valence-corrected chi connectivity index (χ0v) is 40.3. The Bertz CT molecular complexity index is 2040. The number of hydrogen-bond acceptors (Lipinski definition) is 9. The molecule has 0 spiro atoms. The number of benzene rings is 2. The molecular formula is C52H76N6O6. The third-order valence-electron chi connectivity index (χ3n) is 15.0. The number of nitrogens with one attached hydrogen (secondary N) is 1. The highest BCUT2D eigenvalue weighted by molar-refractivity contribution is 5.99. The van der Waals surface area contributed by atoms with Crippen LogP contribution >= 0.6 is 0 Å². The van der Waals surface area contributed by atoms with E-state index in [1.54, 1.807) is 25.0 Å². The first kappa shape index (κ1) is 47.5. The topological polar surface area (TPSA) is 118 Å². The van der Waals surface area contributed by atoms with Crippen molar-refractivity contribution < 1.29 is 28.6 Å². The fourth-order valence-corrected chi connectivity index (χ4v) is 11.7. The summed E-state index contributed by atoms with van der Waals surface area (Å²) in [5.74, 6) is 1.70. The Morgan fingerprint density at radius 1 is 0.812 bits per heavy atom. The van der Waals surface area contributed by atoms with E-state index < -0.39 is 11.4 Å². The van der Waals surface area contributed by atoms with Crippen molar-refractivity contribution in [1.29, 1.82) is 0 Å². The van der Waals surface area contributed by atoms with E-state index in [2.05, 4.69) is 43.1 Å². The summed E-state index contributed by atoms with van der Waals surface area (Å²) in [5, 5.41) is 8.39. The molecule has 0 atom stereocenters. The summed E-state index contributed by atoms with van der Waals surface area (Å²) in [4.78, 5) is 49.9. The molecule has 1 heterocycles. The molecule has 5 fully saturated rings. The summed E-state index contributed by atoms with van der Waals surface area (Å²) in [5.41, 5.74) is 2.51. The minimum absolute atomic E-state index is 0.000185. The number of amides is 2. The maximum absolute atomic E-state index is 14.8. The van der Waals surface area contributed by atoms with Gasteiger partial charge in [0.25, 0.3) is 11.8 Å². The molecule has 0 radical (unpaired) electrons. The number of carbonyl (C=O) groups is 3. The molecule has 5 saturated carbocycles. The maximum Gasteiger partial charge on any atom is 0.332 e. The minimum Gasteiger partial charge on any atom is -0.496 e. The Morgan fingerprint density at radius 3 is 2.03 bits per heavy atom. The van der Waals surface area contributed by atoms with E-state index in [0.717, 1.165) is 75.5 Å². The predicted molar refractivity (Wildman–Crippen MR) is 252 cm³/mol. The number of hydrogen-bond donors (Lipinski definition) is 1. The molecule has 0 saturated heterocycles. The fraction of sp³-hybridized carbons (Fsp3) is 0.654. The molecule has 1 N–H and O–H groups in total. The van der Waals surface area contributed by atoms with E-state index in [-0.39, 0.29) is 41.2 Å². The van der Waals surface area contributed by atoms with Gasteiger partial charge in [-0.1, -0.05) is 53.0 Å². The van der Waals surface area contributed by atoms with E-state index in [9.17, 15) is 14.4 Å². The first-order chi connectivity index (χ1) is 30.7. The molecule has 2 amide bonds. The summed E-state index contributed by atoms with van der Waals surface area (Å²) in [7, 11) is 9.56. The Kier molecular flexibility index (Phi) is 15.5. The van der Waals surface area contributed by atoms with Gasteiger partial charge in [-0.3, -0.25) is 9.59 Å². The predicted octanol–water partition coefficient (Wildman–Crippen LogP) is 8.85. The average molecular weight is 881 g/mol. The Labute approximate surface area is 382 Å². The van der Waals surface area contributed by atoms with Crippen LogP contribution in [0.2, 0.25) is 0 Å². The van der Waals surface area contributed by atoms with Crippen LogP contribution in [0.25, 0.3) is 16.9 Å². The fourth-order valence-electron chi connectivity index (χ4n) is 11.7. The van der Waals surface area contributed by atoms with E-state index >= 15 is 0 Å². The van der Waals surface area contributed by atoms with Gasteiger partial charge in [0.15, 0.2) is 5.69 Å². The third-order valence-corrected chi connectivity index (χ3v) is 15.0. The molecule has 12 nitrogen and oxygen atoms in total. The van der Waals surface area contributed by atoms with Gasteiger partial charge in [-0.15, -0.1) is 0 Å². The zero-order valence-electron chi connectivity index (χ0n) is 40.3. The van der Waals surface area contributed by atoms with Gasteiger partial charge in [0, 0.05) is 25.2 Å². The largest absolute Gasteiger partial charge is 0.496 e. The highest BCUT2D eigenvalue weighted by Gasteiger charge is 2.63. The van der Waals surface area contributed by atoms with Crippen molar-refractivity contribution in [3.8, 4) is 28.4 Å². The Hall–Kier alpha value is -4.42. The van der Waals surface area contributed by atoms with Crippen molar-refractivity contribution in [1.82, 2.24) is 29.8 Å². The van der Waals surface area contributed by atoms with Gasteiger partial charge in [0.05, 0.1) is 37.8 Å². The van der Waals surface area contributed by atoms with Crippen LogP contribution in [-0.2, 0) is 9.53 Å². The molecule has 3 aromatic rings. The monoisotopic (exact) mass is 881 g/mol.